The number of aryl methyl sites for hydroxylation is 1. The lowest BCUT2D eigenvalue weighted by Gasteiger charge is -2.24. The van der Waals surface area contributed by atoms with Crippen molar-refractivity contribution in [1.29, 1.82) is 0 Å². The standard InChI is InChI=1S/C19H29N5O.3C2HF3O2/c1-16-5-4-6-18(21-16)13-23-11-17(15-25-10-9-22(2)3)12-24-19(14-23)7-8-20-24;3*3-2(4,5)1(6)7/h4-8,17H,9-15H2,1-3H3;3*(H,6,7). The number of pyridine rings is 1. The Morgan fingerprint density at radius 3 is 1.83 bits per heavy atom. The molecule has 1 aliphatic rings. The molecular formula is C25H32F9N5O7. The summed E-state index contributed by atoms with van der Waals surface area (Å²) < 4.78 is 103. The summed E-state index contributed by atoms with van der Waals surface area (Å²) >= 11 is 0. The second-order valence-electron chi connectivity index (χ2n) is 9.60. The summed E-state index contributed by atoms with van der Waals surface area (Å²) in [4.78, 5) is 36.0. The molecule has 21 heteroatoms. The van der Waals surface area contributed by atoms with Crippen LogP contribution in [0, 0.1) is 12.8 Å². The zero-order valence-corrected chi connectivity index (χ0v) is 24.5. The summed E-state index contributed by atoms with van der Waals surface area (Å²) in [6.45, 7) is 8.23. The maximum Gasteiger partial charge on any atom is 0.490 e. The van der Waals surface area contributed by atoms with Gasteiger partial charge in [-0.25, -0.2) is 14.4 Å². The number of carboxylic acid groups (broad SMARTS) is 3. The molecule has 1 aliphatic heterocycles. The number of hydrogen-bond donors (Lipinski definition) is 3. The number of ether oxygens (including phenoxy) is 1. The SMILES string of the molecule is Cc1cccc(CN2Cc3ccnn3CC(COCCN(C)C)C2)n1.O=C(O)C(F)(F)F.O=C(O)C(F)(F)F.O=C(O)C(F)(F)F. The van der Waals surface area contributed by atoms with Gasteiger partial charge in [0.15, 0.2) is 0 Å². The summed E-state index contributed by atoms with van der Waals surface area (Å²) in [5, 5.41) is 25.9. The van der Waals surface area contributed by atoms with E-state index in [1.807, 2.05) is 19.2 Å². The van der Waals surface area contributed by atoms with E-state index in [1.165, 1.54) is 5.69 Å². The van der Waals surface area contributed by atoms with Crippen molar-refractivity contribution in [2.45, 2.75) is 45.1 Å². The molecule has 3 rings (SSSR count). The first-order valence-corrected chi connectivity index (χ1v) is 12.7. The van der Waals surface area contributed by atoms with Crippen LogP contribution in [-0.2, 0) is 38.8 Å². The van der Waals surface area contributed by atoms with Crippen molar-refractivity contribution < 1.29 is 74.0 Å². The quantitative estimate of drug-likeness (QED) is 0.288. The minimum absolute atomic E-state index is 0.438. The van der Waals surface area contributed by atoms with Crippen molar-refractivity contribution in [3.05, 3.63) is 47.5 Å². The molecule has 0 bridgehead atoms. The zero-order valence-electron chi connectivity index (χ0n) is 24.5. The fraction of sp³-hybridized carbons (Fsp3) is 0.560. The average Bonchev–Trinajstić information content (AvgIpc) is 3.25. The van der Waals surface area contributed by atoms with Gasteiger partial charge in [0.25, 0.3) is 0 Å². The first-order chi connectivity index (χ1) is 20.9. The first-order valence-electron chi connectivity index (χ1n) is 12.7. The minimum Gasteiger partial charge on any atom is -0.475 e. The van der Waals surface area contributed by atoms with E-state index in [2.05, 4.69) is 56.9 Å². The molecule has 0 fully saturated rings. The van der Waals surface area contributed by atoms with Crippen molar-refractivity contribution in [2.75, 3.05) is 40.4 Å². The first kappa shape index (κ1) is 42.0. The number of likely N-dealkylation sites (N-methyl/N-ethyl adjacent to an activating group) is 1. The highest BCUT2D eigenvalue weighted by Crippen LogP contribution is 2.18. The lowest BCUT2D eigenvalue weighted by molar-refractivity contribution is -0.193. The summed E-state index contributed by atoms with van der Waals surface area (Å²) in [5.41, 5.74) is 3.46. The summed E-state index contributed by atoms with van der Waals surface area (Å²) in [5.74, 6) is -7.83. The number of alkyl halides is 9. The number of fused-ring (bicyclic) bond motifs is 1. The Morgan fingerprint density at radius 1 is 0.891 bits per heavy atom. The number of hydrogen-bond acceptors (Lipinski definition) is 8. The number of nitrogens with zero attached hydrogens (tertiary/aromatic N) is 5. The average molecular weight is 686 g/mol. The molecule has 1 atom stereocenters. The number of carboxylic acids is 3. The van der Waals surface area contributed by atoms with Gasteiger partial charge in [-0.2, -0.15) is 44.6 Å². The van der Waals surface area contributed by atoms with Crippen LogP contribution >= 0.6 is 0 Å². The van der Waals surface area contributed by atoms with Crippen molar-refractivity contribution in [3.8, 4) is 0 Å². The van der Waals surface area contributed by atoms with Gasteiger partial charge >= 0.3 is 36.4 Å². The highest BCUT2D eigenvalue weighted by atomic mass is 19.4. The van der Waals surface area contributed by atoms with Gasteiger partial charge in [0.05, 0.1) is 24.6 Å². The van der Waals surface area contributed by atoms with E-state index in [0.29, 0.717) is 5.92 Å². The molecule has 12 nitrogen and oxygen atoms in total. The van der Waals surface area contributed by atoms with Gasteiger partial charge in [-0.05, 0) is 39.2 Å². The predicted molar refractivity (Wildman–Crippen MR) is 139 cm³/mol. The molecule has 2 aromatic heterocycles. The molecule has 0 aromatic carbocycles. The van der Waals surface area contributed by atoms with Crippen molar-refractivity contribution >= 4 is 17.9 Å². The highest BCUT2D eigenvalue weighted by molar-refractivity contribution is 5.73. The van der Waals surface area contributed by atoms with Crippen LogP contribution < -0.4 is 0 Å². The Morgan fingerprint density at radius 2 is 1.39 bits per heavy atom. The second-order valence-corrected chi connectivity index (χ2v) is 9.60. The van der Waals surface area contributed by atoms with E-state index in [1.54, 1.807) is 0 Å². The topological polar surface area (TPSA) is 158 Å². The van der Waals surface area contributed by atoms with Crippen LogP contribution in [0.25, 0.3) is 0 Å². The maximum absolute atomic E-state index is 10.6. The predicted octanol–water partition coefficient (Wildman–Crippen LogP) is 3.70. The number of rotatable bonds is 7. The summed E-state index contributed by atoms with van der Waals surface area (Å²) in [6, 6.07) is 8.35. The number of carbonyl (C=O) groups is 3. The van der Waals surface area contributed by atoms with E-state index < -0.39 is 36.4 Å². The van der Waals surface area contributed by atoms with E-state index in [4.69, 9.17) is 34.4 Å². The van der Waals surface area contributed by atoms with Gasteiger partial charge in [-0.15, -0.1) is 0 Å². The molecule has 0 amide bonds. The van der Waals surface area contributed by atoms with Crippen molar-refractivity contribution in [3.63, 3.8) is 0 Å². The molecule has 3 N–H and O–H groups in total. The monoisotopic (exact) mass is 685 g/mol. The summed E-state index contributed by atoms with van der Waals surface area (Å²) in [6.07, 6.45) is -13.4. The zero-order chi connectivity index (χ0) is 35.9. The molecule has 0 radical (unpaired) electrons. The highest BCUT2D eigenvalue weighted by Gasteiger charge is 2.39. The largest absolute Gasteiger partial charge is 0.490 e. The van der Waals surface area contributed by atoms with Crippen LogP contribution in [-0.4, -0.2) is 117 Å². The van der Waals surface area contributed by atoms with Crippen LogP contribution in [0.15, 0.2) is 30.5 Å². The normalized spacial score (nSPS) is 15.1. The van der Waals surface area contributed by atoms with E-state index in [9.17, 15) is 39.5 Å². The molecule has 3 heterocycles. The van der Waals surface area contributed by atoms with E-state index in [-0.39, 0.29) is 0 Å². The van der Waals surface area contributed by atoms with Gasteiger partial charge in [-0.3, -0.25) is 14.6 Å². The molecule has 0 aliphatic carbocycles. The third kappa shape index (κ3) is 18.7. The minimum atomic E-state index is -5.08. The van der Waals surface area contributed by atoms with Gasteiger partial charge in [0.2, 0.25) is 0 Å². The lowest BCUT2D eigenvalue weighted by Crippen LogP contribution is -2.31. The molecule has 0 saturated heterocycles. The van der Waals surface area contributed by atoms with Gasteiger partial charge in [0, 0.05) is 50.5 Å². The summed E-state index contributed by atoms with van der Waals surface area (Å²) in [7, 11) is 4.14. The maximum atomic E-state index is 10.6. The van der Waals surface area contributed by atoms with E-state index in [0.717, 1.165) is 57.3 Å². The van der Waals surface area contributed by atoms with Crippen LogP contribution in [0.3, 0.4) is 0 Å². The van der Waals surface area contributed by atoms with Crippen LogP contribution in [0.1, 0.15) is 17.1 Å². The second kappa shape index (κ2) is 18.9. The molecule has 1 unspecified atom stereocenters. The Labute approximate surface area is 256 Å². The smallest absolute Gasteiger partial charge is 0.475 e. The van der Waals surface area contributed by atoms with Crippen LogP contribution in [0.5, 0.6) is 0 Å². The van der Waals surface area contributed by atoms with Crippen LogP contribution in [0.2, 0.25) is 0 Å². The lowest BCUT2D eigenvalue weighted by atomic mass is 10.1. The number of aromatic nitrogens is 3. The third-order valence-corrected chi connectivity index (χ3v) is 5.23. The van der Waals surface area contributed by atoms with Crippen molar-refractivity contribution in [2.24, 2.45) is 5.92 Å². The molecule has 0 spiro atoms. The Kier molecular flexibility index (Phi) is 17.2. The molecule has 262 valence electrons. The Bertz CT molecular complexity index is 1180. The number of halogens is 9. The van der Waals surface area contributed by atoms with Gasteiger partial charge in [0.1, 0.15) is 0 Å². The van der Waals surface area contributed by atoms with Crippen LogP contribution in [0.4, 0.5) is 39.5 Å². The Hall–Kier alpha value is -3.98. The van der Waals surface area contributed by atoms with Gasteiger partial charge < -0.3 is 25.0 Å². The van der Waals surface area contributed by atoms with Crippen molar-refractivity contribution in [1.82, 2.24) is 24.6 Å². The molecular weight excluding hydrogens is 653 g/mol. The third-order valence-electron chi connectivity index (χ3n) is 5.23. The Balaban J connectivity index is 0.000000786. The van der Waals surface area contributed by atoms with E-state index >= 15 is 0 Å². The fourth-order valence-corrected chi connectivity index (χ4v) is 3.26. The molecule has 2 aromatic rings. The number of aliphatic carboxylic acids is 3. The molecule has 0 saturated carbocycles. The van der Waals surface area contributed by atoms with Gasteiger partial charge in [-0.1, -0.05) is 6.07 Å². The fourth-order valence-electron chi connectivity index (χ4n) is 3.26. The molecule has 46 heavy (non-hydrogen) atoms.